The first-order valence-electron chi connectivity index (χ1n) is 9.58. The van der Waals surface area contributed by atoms with Crippen molar-refractivity contribution >= 4 is 40.6 Å². The molecule has 31 heavy (non-hydrogen) atoms. The Hall–Kier alpha value is -2.86. The van der Waals surface area contributed by atoms with Crippen molar-refractivity contribution in [3.05, 3.63) is 93.5 Å². The van der Waals surface area contributed by atoms with Crippen molar-refractivity contribution < 1.29 is 19.4 Å². The van der Waals surface area contributed by atoms with Crippen LogP contribution in [0.5, 0.6) is 5.75 Å². The molecule has 1 atom stereocenters. The van der Waals surface area contributed by atoms with Crippen LogP contribution in [0.25, 0.3) is 0 Å². The van der Waals surface area contributed by atoms with E-state index in [2.05, 4.69) is 0 Å². The second kappa shape index (κ2) is 8.35. The van der Waals surface area contributed by atoms with Gasteiger partial charge < -0.3 is 14.7 Å². The summed E-state index contributed by atoms with van der Waals surface area (Å²) >= 11 is 12.3. The number of ketones is 1. The number of carbonyl (C=O) groups excluding carboxylic acids is 2. The van der Waals surface area contributed by atoms with E-state index in [9.17, 15) is 14.7 Å². The average Bonchev–Trinajstić information content (AvgIpc) is 2.97. The number of fused-ring (bicyclic) bond motifs is 1. The molecule has 5 nitrogen and oxygen atoms in total. The highest BCUT2D eigenvalue weighted by molar-refractivity contribution is 6.35. The van der Waals surface area contributed by atoms with Gasteiger partial charge in [0.2, 0.25) is 0 Å². The zero-order chi connectivity index (χ0) is 22.2. The number of hydrogen-bond acceptors (Lipinski definition) is 4. The SMILES string of the molecule is COc1ccc(C(=O)CC2(O)C(=O)N(Cc3ccc(Cl)cc3Cl)c3ccccc32)cc1. The minimum Gasteiger partial charge on any atom is -0.497 e. The summed E-state index contributed by atoms with van der Waals surface area (Å²) < 4.78 is 5.11. The molecule has 7 heteroatoms. The van der Waals surface area contributed by atoms with Crippen LogP contribution >= 0.6 is 23.2 Å². The molecule has 0 saturated heterocycles. The number of hydrogen-bond donors (Lipinski definition) is 1. The molecular formula is C24H19Cl2NO4. The van der Waals surface area contributed by atoms with E-state index in [4.69, 9.17) is 27.9 Å². The van der Waals surface area contributed by atoms with E-state index >= 15 is 0 Å². The van der Waals surface area contributed by atoms with E-state index in [1.165, 1.54) is 12.0 Å². The lowest BCUT2D eigenvalue weighted by Gasteiger charge is -2.23. The first-order valence-corrected chi connectivity index (χ1v) is 10.3. The molecule has 0 spiro atoms. The molecule has 3 aromatic rings. The Bertz CT molecular complexity index is 1160. The maximum absolute atomic E-state index is 13.4. The predicted molar refractivity (Wildman–Crippen MR) is 120 cm³/mol. The number of amides is 1. The molecule has 4 rings (SSSR count). The number of para-hydroxylation sites is 1. The lowest BCUT2D eigenvalue weighted by Crippen LogP contribution is -2.41. The van der Waals surface area contributed by atoms with E-state index in [0.29, 0.717) is 38.2 Å². The molecule has 0 radical (unpaired) electrons. The maximum Gasteiger partial charge on any atom is 0.264 e. The van der Waals surface area contributed by atoms with Crippen molar-refractivity contribution in [2.75, 3.05) is 12.0 Å². The van der Waals surface area contributed by atoms with Gasteiger partial charge in [0.25, 0.3) is 5.91 Å². The van der Waals surface area contributed by atoms with Crippen molar-refractivity contribution in [2.24, 2.45) is 0 Å². The predicted octanol–water partition coefficient (Wildman–Crippen LogP) is 5.01. The first kappa shape index (κ1) is 21.4. The lowest BCUT2D eigenvalue weighted by molar-refractivity contribution is -0.136. The minimum absolute atomic E-state index is 0.144. The molecule has 1 N–H and O–H groups in total. The molecule has 0 aromatic heterocycles. The summed E-state index contributed by atoms with van der Waals surface area (Å²) in [4.78, 5) is 27.7. The van der Waals surface area contributed by atoms with Gasteiger partial charge in [0.1, 0.15) is 5.75 Å². The third-order valence-corrected chi connectivity index (χ3v) is 6.00. The second-order valence-electron chi connectivity index (χ2n) is 7.33. The van der Waals surface area contributed by atoms with Crippen molar-refractivity contribution in [3.8, 4) is 5.75 Å². The molecule has 158 valence electrons. The van der Waals surface area contributed by atoms with Crippen molar-refractivity contribution in [1.29, 1.82) is 0 Å². The summed E-state index contributed by atoms with van der Waals surface area (Å²) in [5, 5.41) is 12.3. The molecule has 1 unspecified atom stereocenters. The number of anilines is 1. The van der Waals surface area contributed by atoms with Gasteiger partial charge in [0, 0.05) is 21.2 Å². The third kappa shape index (κ3) is 3.92. The molecule has 1 aliphatic heterocycles. The number of nitrogens with zero attached hydrogens (tertiary/aromatic N) is 1. The largest absolute Gasteiger partial charge is 0.497 e. The average molecular weight is 456 g/mol. The first-order chi connectivity index (χ1) is 14.8. The lowest BCUT2D eigenvalue weighted by atomic mass is 9.88. The topological polar surface area (TPSA) is 66.8 Å². The van der Waals surface area contributed by atoms with Crippen LogP contribution in [0.2, 0.25) is 10.0 Å². The van der Waals surface area contributed by atoms with Crippen LogP contribution in [0, 0.1) is 0 Å². The number of methoxy groups -OCH3 is 1. The number of ether oxygens (including phenoxy) is 1. The number of benzene rings is 3. The summed E-state index contributed by atoms with van der Waals surface area (Å²) in [7, 11) is 1.54. The highest BCUT2D eigenvalue weighted by Crippen LogP contribution is 2.44. The van der Waals surface area contributed by atoms with Crippen LogP contribution in [-0.2, 0) is 16.9 Å². The third-order valence-electron chi connectivity index (χ3n) is 5.41. The van der Waals surface area contributed by atoms with E-state index in [1.807, 2.05) is 0 Å². The summed E-state index contributed by atoms with van der Waals surface area (Å²) in [6.45, 7) is 0.144. The van der Waals surface area contributed by atoms with Crippen molar-refractivity contribution in [3.63, 3.8) is 0 Å². The summed E-state index contributed by atoms with van der Waals surface area (Å²) in [5.41, 5.74) is 0.0427. The highest BCUT2D eigenvalue weighted by Gasteiger charge is 2.50. The molecule has 0 fully saturated rings. The van der Waals surface area contributed by atoms with Gasteiger partial charge in [-0.15, -0.1) is 0 Å². The molecule has 1 amide bonds. The Morgan fingerprint density at radius 2 is 1.77 bits per heavy atom. The van der Waals surface area contributed by atoms with Crippen LogP contribution in [0.1, 0.15) is 27.9 Å². The molecule has 0 bridgehead atoms. The molecule has 0 saturated carbocycles. The quantitative estimate of drug-likeness (QED) is 0.530. The summed E-state index contributed by atoms with van der Waals surface area (Å²) in [6, 6.07) is 18.5. The zero-order valence-electron chi connectivity index (χ0n) is 16.6. The monoisotopic (exact) mass is 455 g/mol. The van der Waals surface area contributed by atoms with E-state index < -0.39 is 11.5 Å². The fourth-order valence-electron chi connectivity index (χ4n) is 3.77. The van der Waals surface area contributed by atoms with Crippen LogP contribution < -0.4 is 9.64 Å². The number of Topliss-reactive ketones (excluding diaryl/α,β-unsaturated/α-hetero) is 1. The number of aliphatic hydroxyl groups is 1. The highest BCUT2D eigenvalue weighted by atomic mass is 35.5. The Balaban J connectivity index is 1.66. The summed E-state index contributed by atoms with van der Waals surface area (Å²) in [5.74, 6) is -0.301. The Kier molecular flexibility index (Phi) is 5.75. The second-order valence-corrected chi connectivity index (χ2v) is 8.18. The molecule has 3 aromatic carbocycles. The summed E-state index contributed by atoms with van der Waals surface area (Å²) in [6.07, 6.45) is -0.375. The fourth-order valence-corrected chi connectivity index (χ4v) is 4.23. The van der Waals surface area contributed by atoms with Gasteiger partial charge in [-0.2, -0.15) is 0 Å². The van der Waals surface area contributed by atoms with Gasteiger partial charge in [-0.05, 0) is 48.0 Å². The Labute approximate surface area is 189 Å². The van der Waals surface area contributed by atoms with Crippen LogP contribution in [0.4, 0.5) is 5.69 Å². The van der Waals surface area contributed by atoms with Gasteiger partial charge >= 0.3 is 0 Å². The van der Waals surface area contributed by atoms with E-state index in [1.54, 1.807) is 66.7 Å². The van der Waals surface area contributed by atoms with Crippen LogP contribution in [0.15, 0.2) is 66.7 Å². The molecule has 1 heterocycles. The Morgan fingerprint density at radius 1 is 1.06 bits per heavy atom. The maximum atomic E-state index is 13.4. The van der Waals surface area contributed by atoms with E-state index in [-0.39, 0.29) is 18.7 Å². The van der Waals surface area contributed by atoms with Gasteiger partial charge in [-0.25, -0.2) is 0 Å². The fraction of sp³-hybridized carbons (Fsp3) is 0.167. The number of halogens is 2. The van der Waals surface area contributed by atoms with Crippen molar-refractivity contribution in [2.45, 2.75) is 18.6 Å². The smallest absolute Gasteiger partial charge is 0.264 e. The number of rotatable bonds is 6. The van der Waals surface area contributed by atoms with Gasteiger partial charge in [-0.3, -0.25) is 9.59 Å². The van der Waals surface area contributed by atoms with Crippen LogP contribution in [0.3, 0.4) is 0 Å². The van der Waals surface area contributed by atoms with Crippen molar-refractivity contribution in [1.82, 2.24) is 0 Å². The number of carbonyl (C=O) groups is 2. The van der Waals surface area contributed by atoms with Gasteiger partial charge in [0.05, 0.1) is 25.8 Å². The molecule has 1 aliphatic rings. The standard InChI is InChI=1S/C24H19Cl2NO4/c1-31-18-10-7-15(8-11-18)22(28)13-24(30)19-4-2-3-5-21(19)27(23(24)29)14-16-6-9-17(25)12-20(16)26/h2-12,30H,13-14H2,1H3. The van der Waals surface area contributed by atoms with E-state index in [0.717, 1.165) is 0 Å². The normalized spacial score (nSPS) is 17.5. The minimum atomic E-state index is -1.97. The molecule has 0 aliphatic carbocycles. The van der Waals surface area contributed by atoms with Gasteiger partial charge in [0.15, 0.2) is 11.4 Å². The zero-order valence-corrected chi connectivity index (χ0v) is 18.2. The Morgan fingerprint density at radius 3 is 2.45 bits per heavy atom. The van der Waals surface area contributed by atoms with Gasteiger partial charge in [-0.1, -0.05) is 47.5 Å². The van der Waals surface area contributed by atoms with Crippen LogP contribution in [-0.4, -0.2) is 23.9 Å². The molecular weight excluding hydrogens is 437 g/mol.